The van der Waals surface area contributed by atoms with Crippen molar-refractivity contribution in [2.75, 3.05) is 27.2 Å². The molecule has 130 valence electrons. The number of hydrogen-bond donors (Lipinski definition) is 2. The molecule has 1 aromatic carbocycles. The molecule has 0 aliphatic carbocycles. The van der Waals surface area contributed by atoms with Gasteiger partial charge in [-0.25, -0.2) is 0 Å². The van der Waals surface area contributed by atoms with Crippen molar-refractivity contribution in [3.05, 3.63) is 35.4 Å². The Hall–Kier alpha value is -1.31. The van der Waals surface area contributed by atoms with Crippen LogP contribution in [-0.2, 0) is 6.42 Å². The Kier molecular flexibility index (Phi) is 10.6. The number of benzene rings is 1. The molecular weight excluding hydrogens is 403 g/mol. The first-order chi connectivity index (χ1) is 10.4. The van der Waals surface area contributed by atoms with Gasteiger partial charge >= 0.3 is 0 Å². The predicted molar refractivity (Wildman–Crippen MR) is 108 cm³/mol. The lowest BCUT2D eigenvalue weighted by Gasteiger charge is -2.14. The summed E-state index contributed by atoms with van der Waals surface area (Å²) in [5.74, 6) is 0.859. The first kappa shape index (κ1) is 21.7. The van der Waals surface area contributed by atoms with Crippen molar-refractivity contribution in [2.45, 2.75) is 33.2 Å². The zero-order valence-corrected chi connectivity index (χ0v) is 17.0. The Morgan fingerprint density at radius 1 is 1.30 bits per heavy atom. The van der Waals surface area contributed by atoms with E-state index in [0.717, 1.165) is 30.1 Å². The van der Waals surface area contributed by atoms with Gasteiger partial charge in [-0.1, -0.05) is 12.1 Å². The van der Waals surface area contributed by atoms with Crippen LogP contribution in [0.2, 0.25) is 0 Å². The lowest BCUT2D eigenvalue weighted by Crippen LogP contribution is -2.41. The fraction of sp³-hybridized carbons (Fsp3) is 0.529. The van der Waals surface area contributed by atoms with Crippen molar-refractivity contribution in [1.82, 2.24) is 15.5 Å². The molecule has 0 spiro atoms. The van der Waals surface area contributed by atoms with Gasteiger partial charge in [-0.2, -0.15) is 0 Å². The van der Waals surface area contributed by atoms with Gasteiger partial charge in [0.05, 0.1) is 0 Å². The first-order valence-electron chi connectivity index (χ1n) is 7.79. The van der Waals surface area contributed by atoms with Crippen LogP contribution in [-0.4, -0.2) is 50.0 Å². The monoisotopic (exact) mass is 432 g/mol. The third-order valence-electron chi connectivity index (χ3n) is 3.02. The number of carbonyl (C=O) groups is 1. The molecule has 0 heterocycles. The first-order valence-corrected chi connectivity index (χ1v) is 7.79. The molecule has 1 amide bonds. The zero-order chi connectivity index (χ0) is 16.5. The van der Waals surface area contributed by atoms with Gasteiger partial charge in [0.2, 0.25) is 0 Å². The fourth-order valence-corrected chi connectivity index (χ4v) is 2.01. The quantitative estimate of drug-likeness (QED) is 0.413. The highest BCUT2D eigenvalue weighted by Crippen LogP contribution is 2.08. The summed E-state index contributed by atoms with van der Waals surface area (Å²) in [6, 6.07) is 8.09. The van der Waals surface area contributed by atoms with Crippen LogP contribution in [0, 0.1) is 0 Å². The second kappa shape index (κ2) is 11.3. The van der Waals surface area contributed by atoms with E-state index in [1.54, 1.807) is 19.0 Å². The molecule has 0 aromatic heterocycles. The van der Waals surface area contributed by atoms with Crippen LogP contribution in [0.3, 0.4) is 0 Å². The summed E-state index contributed by atoms with van der Waals surface area (Å²) >= 11 is 0. The molecule has 23 heavy (non-hydrogen) atoms. The lowest BCUT2D eigenvalue weighted by atomic mass is 10.1. The van der Waals surface area contributed by atoms with Gasteiger partial charge in [-0.3, -0.25) is 9.79 Å². The van der Waals surface area contributed by atoms with Crippen molar-refractivity contribution >= 4 is 35.8 Å². The number of nitrogens with zero attached hydrogens (tertiary/aromatic N) is 2. The molecule has 0 saturated carbocycles. The van der Waals surface area contributed by atoms with Gasteiger partial charge in [-0.05, 0) is 44.9 Å². The number of amides is 1. The van der Waals surface area contributed by atoms with E-state index in [1.807, 2.05) is 31.2 Å². The van der Waals surface area contributed by atoms with Crippen LogP contribution in [0.25, 0.3) is 0 Å². The van der Waals surface area contributed by atoms with Crippen LogP contribution in [0.1, 0.15) is 36.7 Å². The molecule has 0 saturated heterocycles. The van der Waals surface area contributed by atoms with Crippen molar-refractivity contribution in [3.63, 3.8) is 0 Å². The van der Waals surface area contributed by atoms with Crippen LogP contribution in [0.5, 0.6) is 0 Å². The number of rotatable bonds is 6. The molecule has 0 aliphatic rings. The van der Waals surface area contributed by atoms with E-state index in [2.05, 4.69) is 29.5 Å². The molecule has 0 unspecified atom stereocenters. The SMILES string of the molecule is CCNC(=NCCc1cccc(C(=O)N(C)C)c1)NC(C)C.I. The number of carbonyl (C=O) groups excluding carboxylic acids is 1. The second-order valence-corrected chi connectivity index (χ2v) is 5.71. The Morgan fingerprint density at radius 3 is 2.57 bits per heavy atom. The van der Waals surface area contributed by atoms with Gasteiger partial charge in [0.25, 0.3) is 5.91 Å². The van der Waals surface area contributed by atoms with Crippen molar-refractivity contribution in [2.24, 2.45) is 4.99 Å². The minimum atomic E-state index is 0. The van der Waals surface area contributed by atoms with E-state index < -0.39 is 0 Å². The van der Waals surface area contributed by atoms with E-state index in [0.29, 0.717) is 12.6 Å². The van der Waals surface area contributed by atoms with E-state index >= 15 is 0 Å². The maximum atomic E-state index is 12.0. The summed E-state index contributed by atoms with van der Waals surface area (Å²) < 4.78 is 0. The summed E-state index contributed by atoms with van der Waals surface area (Å²) in [6.45, 7) is 7.74. The van der Waals surface area contributed by atoms with Crippen LogP contribution < -0.4 is 10.6 Å². The van der Waals surface area contributed by atoms with E-state index in [1.165, 1.54) is 0 Å². The number of guanidine groups is 1. The van der Waals surface area contributed by atoms with E-state index in [9.17, 15) is 4.79 Å². The zero-order valence-electron chi connectivity index (χ0n) is 14.7. The van der Waals surface area contributed by atoms with Gasteiger partial charge in [0.1, 0.15) is 0 Å². The second-order valence-electron chi connectivity index (χ2n) is 5.71. The van der Waals surface area contributed by atoms with Gasteiger partial charge in [-0.15, -0.1) is 24.0 Å². The van der Waals surface area contributed by atoms with Gasteiger partial charge in [0, 0.05) is 38.8 Å². The highest BCUT2D eigenvalue weighted by atomic mass is 127. The van der Waals surface area contributed by atoms with Gasteiger partial charge < -0.3 is 15.5 Å². The van der Waals surface area contributed by atoms with Crippen molar-refractivity contribution in [3.8, 4) is 0 Å². The lowest BCUT2D eigenvalue weighted by molar-refractivity contribution is 0.0827. The smallest absolute Gasteiger partial charge is 0.253 e. The summed E-state index contributed by atoms with van der Waals surface area (Å²) in [5.41, 5.74) is 1.84. The Labute approximate surface area is 157 Å². The van der Waals surface area contributed by atoms with Crippen molar-refractivity contribution in [1.29, 1.82) is 0 Å². The summed E-state index contributed by atoms with van der Waals surface area (Å²) in [4.78, 5) is 18.1. The number of aliphatic imine (C=N–C) groups is 1. The number of hydrogen-bond acceptors (Lipinski definition) is 2. The fourth-order valence-electron chi connectivity index (χ4n) is 2.01. The topological polar surface area (TPSA) is 56.7 Å². The van der Waals surface area contributed by atoms with E-state index in [-0.39, 0.29) is 29.9 Å². The number of nitrogens with one attached hydrogen (secondary N) is 2. The molecule has 0 radical (unpaired) electrons. The van der Waals surface area contributed by atoms with Crippen molar-refractivity contribution < 1.29 is 4.79 Å². The Balaban J connectivity index is 0.00000484. The molecular formula is C17H29IN4O. The van der Waals surface area contributed by atoms with Crippen LogP contribution >= 0.6 is 24.0 Å². The van der Waals surface area contributed by atoms with Crippen LogP contribution in [0.15, 0.2) is 29.3 Å². The normalized spacial score (nSPS) is 11.0. The predicted octanol–water partition coefficient (Wildman–Crippen LogP) is 2.51. The maximum Gasteiger partial charge on any atom is 0.253 e. The largest absolute Gasteiger partial charge is 0.357 e. The standard InChI is InChI=1S/C17H28N4O.HI/c1-6-18-17(20-13(2)3)19-11-10-14-8-7-9-15(12-14)16(22)21(4)5;/h7-9,12-13H,6,10-11H2,1-5H3,(H2,18,19,20);1H. The molecule has 0 aliphatic heterocycles. The molecule has 2 N–H and O–H groups in total. The van der Waals surface area contributed by atoms with E-state index in [4.69, 9.17) is 0 Å². The average molecular weight is 432 g/mol. The molecule has 6 heteroatoms. The summed E-state index contributed by atoms with van der Waals surface area (Å²) in [6.07, 6.45) is 0.809. The third kappa shape index (κ3) is 8.20. The summed E-state index contributed by atoms with van der Waals surface area (Å²) in [7, 11) is 3.53. The van der Waals surface area contributed by atoms with Crippen LogP contribution in [0.4, 0.5) is 0 Å². The minimum absolute atomic E-state index is 0. The Morgan fingerprint density at radius 2 is 2.00 bits per heavy atom. The average Bonchev–Trinajstić information content (AvgIpc) is 2.46. The molecule has 0 bridgehead atoms. The Bertz CT molecular complexity index is 515. The number of halogens is 1. The third-order valence-corrected chi connectivity index (χ3v) is 3.02. The minimum Gasteiger partial charge on any atom is -0.357 e. The highest BCUT2D eigenvalue weighted by Gasteiger charge is 2.08. The van der Waals surface area contributed by atoms with Gasteiger partial charge in [0.15, 0.2) is 5.96 Å². The summed E-state index contributed by atoms with van der Waals surface area (Å²) in [5, 5.41) is 6.51. The highest BCUT2D eigenvalue weighted by molar-refractivity contribution is 14.0. The molecule has 5 nitrogen and oxygen atoms in total. The molecule has 0 fully saturated rings. The molecule has 0 atom stereocenters. The maximum absolute atomic E-state index is 12.0. The molecule has 1 aromatic rings. The molecule has 1 rings (SSSR count).